The number of aliphatic hydroxyl groups is 1. The maximum Gasteiger partial charge on any atom is 0.336 e. The average molecular weight is 215 g/mol. The number of hydrogen-bond acceptors (Lipinski definition) is 3. The molecule has 1 rings (SSSR count). The number of rotatable bonds is 5. The fourth-order valence-corrected chi connectivity index (χ4v) is 2.21. The molecule has 1 atom stereocenters. The largest absolute Gasteiger partial charge is 0.479 e. The van der Waals surface area contributed by atoms with E-state index in [1.54, 1.807) is 0 Å². The first-order chi connectivity index (χ1) is 6.85. The van der Waals surface area contributed by atoms with Crippen molar-refractivity contribution in [2.45, 2.75) is 39.2 Å². The van der Waals surface area contributed by atoms with Crippen molar-refractivity contribution in [3.63, 3.8) is 0 Å². The zero-order valence-electron chi connectivity index (χ0n) is 9.79. The molecule has 0 aliphatic carbocycles. The van der Waals surface area contributed by atoms with Crippen LogP contribution in [0.4, 0.5) is 0 Å². The van der Waals surface area contributed by atoms with Crippen molar-refractivity contribution >= 4 is 5.97 Å². The Labute approximate surface area is 90.9 Å². The quantitative estimate of drug-likeness (QED) is 0.716. The lowest BCUT2D eigenvalue weighted by atomic mass is 9.74. The molecule has 0 radical (unpaired) electrons. The van der Waals surface area contributed by atoms with Gasteiger partial charge in [-0.2, -0.15) is 0 Å². The Morgan fingerprint density at radius 2 is 1.87 bits per heavy atom. The van der Waals surface area contributed by atoms with E-state index in [0.717, 1.165) is 25.9 Å². The van der Waals surface area contributed by atoms with Crippen molar-refractivity contribution in [1.29, 1.82) is 0 Å². The van der Waals surface area contributed by atoms with Gasteiger partial charge >= 0.3 is 5.97 Å². The van der Waals surface area contributed by atoms with Crippen LogP contribution in [0.15, 0.2) is 0 Å². The second-order valence-electron chi connectivity index (χ2n) is 4.93. The predicted octanol–water partition coefficient (Wildman–Crippen LogP) is 0.944. The summed E-state index contributed by atoms with van der Waals surface area (Å²) in [5.41, 5.74) is -1.26. The van der Waals surface area contributed by atoms with E-state index in [1.807, 2.05) is 4.90 Å². The molecule has 2 N–H and O–H groups in total. The molecular weight excluding hydrogens is 194 g/mol. The Bertz CT molecular complexity index is 238. The molecule has 0 aromatic carbocycles. The lowest BCUT2D eigenvalue weighted by Gasteiger charge is -2.51. The van der Waals surface area contributed by atoms with Gasteiger partial charge in [0.15, 0.2) is 5.60 Å². The standard InChI is InChI=1S/C11H21NO3/c1-4-11(5-2)7-12(8-11)6-10(3,15)9(13)14/h15H,4-8H2,1-3H3,(H,13,14). The normalized spacial score (nSPS) is 24.3. The number of aliphatic carboxylic acids is 1. The summed E-state index contributed by atoms with van der Waals surface area (Å²) < 4.78 is 0. The number of hydrogen-bond donors (Lipinski definition) is 2. The van der Waals surface area contributed by atoms with Gasteiger partial charge in [0.2, 0.25) is 0 Å². The number of nitrogens with zero attached hydrogens (tertiary/aromatic N) is 1. The molecule has 4 nitrogen and oxygen atoms in total. The van der Waals surface area contributed by atoms with Gasteiger partial charge in [0.1, 0.15) is 0 Å². The zero-order chi connectivity index (χ0) is 11.7. The fourth-order valence-electron chi connectivity index (χ4n) is 2.21. The number of carbonyl (C=O) groups is 1. The SMILES string of the molecule is CCC1(CC)CN(CC(C)(O)C(=O)O)C1. The minimum Gasteiger partial charge on any atom is -0.479 e. The molecule has 1 fully saturated rings. The van der Waals surface area contributed by atoms with Crippen molar-refractivity contribution in [3.8, 4) is 0 Å². The highest BCUT2D eigenvalue weighted by atomic mass is 16.4. The van der Waals surface area contributed by atoms with Gasteiger partial charge in [-0.25, -0.2) is 4.79 Å². The number of carboxylic acids is 1. The fraction of sp³-hybridized carbons (Fsp3) is 0.909. The van der Waals surface area contributed by atoms with Crippen LogP contribution in [0.5, 0.6) is 0 Å². The van der Waals surface area contributed by atoms with E-state index in [1.165, 1.54) is 6.92 Å². The van der Waals surface area contributed by atoms with Crippen LogP contribution in [0.1, 0.15) is 33.6 Å². The van der Waals surface area contributed by atoms with Crippen LogP contribution in [-0.2, 0) is 4.79 Å². The third-order valence-electron chi connectivity index (χ3n) is 3.61. The first kappa shape index (κ1) is 12.5. The Morgan fingerprint density at radius 3 is 2.20 bits per heavy atom. The van der Waals surface area contributed by atoms with Gasteiger partial charge in [0.05, 0.1) is 0 Å². The molecule has 0 saturated carbocycles. The average Bonchev–Trinajstić information content (AvgIpc) is 2.10. The minimum absolute atomic E-state index is 0.226. The van der Waals surface area contributed by atoms with Gasteiger partial charge in [-0.3, -0.25) is 4.90 Å². The van der Waals surface area contributed by atoms with Crippen molar-refractivity contribution < 1.29 is 15.0 Å². The summed E-state index contributed by atoms with van der Waals surface area (Å²) in [4.78, 5) is 12.7. The van der Waals surface area contributed by atoms with E-state index in [0.29, 0.717) is 5.41 Å². The molecule has 0 bridgehead atoms. The lowest BCUT2D eigenvalue weighted by Crippen LogP contribution is -2.60. The smallest absolute Gasteiger partial charge is 0.336 e. The summed E-state index contributed by atoms with van der Waals surface area (Å²) in [7, 11) is 0. The number of β-amino-alcohol motifs (C(OH)–C–C–N with tert-alkyl or cyclic N) is 1. The summed E-state index contributed by atoms with van der Waals surface area (Å²) in [5.74, 6) is -1.15. The molecule has 1 unspecified atom stereocenters. The molecule has 88 valence electrons. The molecule has 4 heteroatoms. The van der Waals surface area contributed by atoms with E-state index in [2.05, 4.69) is 13.8 Å². The first-order valence-corrected chi connectivity index (χ1v) is 5.53. The van der Waals surface area contributed by atoms with Gasteiger partial charge in [-0.05, 0) is 25.2 Å². The number of carboxylic acid groups (broad SMARTS) is 1. The summed E-state index contributed by atoms with van der Waals surface area (Å²) in [6.07, 6.45) is 2.24. The second-order valence-corrected chi connectivity index (χ2v) is 4.93. The second kappa shape index (κ2) is 4.10. The minimum atomic E-state index is -1.62. The van der Waals surface area contributed by atoms with Crippen LogP contribution in [0.2, 0.25) is 0 Å². The monoisotopic (exact) mass is 215 g/mol. The molecule has 0 spiro atoms. The maximum absolute atomic E-state index is 10.7. The van der Waals surface area contributed by atoms with E-state index in [4.69, 9.17) is 5.11 Å². The summed E-state index contributed by atoms with van der Waals surface area (Å²) in [5, 5.41) is 18.4. The van der Waals surface area contributed by atoms with Crippen molar-refractivity contribution in [1.82, 2.24) is 4.90 Å². The predicted molar refractivity (Wildman–Crippen MR) is 57.7 cm³/mol. The van der Waals surface area contributed by atoms with Crippen LogP contribution in [0.25, 0.3) is 0 Å². The van der Waals surface area contributed by atoms with Crippen LogP contribution in [-0.4, -0.2) is 46.3 Å². The molecule has 1 heterocycles. The van der Waals surface area contributed by atoms with Gasteiger partial charge < -0.3 is 10.2 Å². The van der Waals surface area contributed by atoms with E-state index in [9.17, 15) is 9.90 Å². The van der Waals surface area contributed by atoms with Crippen molar-refractivity contribution in [2.24, 2.45) is 5.41 Å². The Balaban J connectivity index is 2.43. The van der Waals surface area contributed by atoms with E-state index >= 15 is 0 Å². The van der Waals surface area contributed by atoms with Crippen molar-refractivity contribution in [3.05, 3.63) is 0 Å². The molecule has 15 heavy (non-hydrogen) atoms. The molecule has 1 saturated heterocycles. The van der Waals surface area contributed by atoms with Gasteiger partial charge in [-0.1, -0.05) is 13.8 Å². The highest BCUT2D eigenvalue weighted by Gasteiger charge is 2.43. The molecule has 1 aliphatic heterocycles. The lowest BCUT2D eigenvalue weighted by molar-refractivity contribution is -0.162. The van der Waals surface area contributed by atoms with Crippen LogP contribution in [0, 0.1) is 5.41 Å². The molecule has 1 aliphatic rings. The summed E-state index contributed by atoms with van der Waals surface area (Å²) >= 11 is 0. The zero-order valence-corrected chi connectivity index (χ0v) is 9.79. The Morgan fingerprint density at radius 1 is 1.40 bits per heavy atom. The highest BCUT2D eigenvalue weighted by Crippen LogP contribution is 2.37. The van der Waals surface area contributed by atoms with E-state index < -0.39 is 11.6 Å². The maximum atomic E-state index is 10.7. The van der Waals surface area contributed by atoms with Crippen LogP contribution >= 0.6 is 0 Å². The van der Waals surface area contributed by atoms with Gasteiger partial charge in [0, 0.05) is 19.6 Å². The Kier molecular flexibility index (Phi) is 3.41. The van der Waals surface area contributed by atoms with Gasteiger partial charge in [-0.15, -0.1) is 0 Å². The van der Waals surface area contributed by atoms with Gasteiger partial charge in [0.25, 0.3) is 0 Å². The third kappa shape index (κ3) is 2.49. The molecule has 0 aromatic rings. The molecule has 0 aromatic heterocycles. The third-order valence-corrected chi connectivity index (χ3v) is 3.61. The summed E-state index contributed by atoms with van der Waals surface area (Å²) in [6, 6.07) is 0. The highest BCUT2D eigenvalue weighted by molar-refractivity contribution is 5.76. The molecular formula is C11H21NO3. The first-order valence-electron chi connectivity index (χ1n) is 5.53. The summed E-state index contributed by atoms with van der Waals surface area (Å²) in [6.45, 7) is 7.72. The van der Waals surface area contributed by atoms with Crippen LogP contribution < -0.4 is 0 Å². The number of likely N-dealkylation sites (tertiary alicyclic amines) is 1. The van der Waals surface area contributed by atoms with Crippen molar-refractivity contribution in [2.75, 3.05) is 19.6 Å². The topological polar surface area (TPSA) is 60.8 Å². The Hall–Kier alpha value is -0.610. The van der Waals surface area contributed by atoms with E-state index in [-0.39, 0.29) is 6.54 Å². The van der Waals surface area contributed by atoms with Crippen LogP contribution in [0.3, 0.4) is 0 Å². The molecule has 0 amide bonds.